The summed E-state index contributed by atoms with van der Waals surface area (Å²) >= 11 is 0. The van der Waals surface area contributed by atoms with Crippen LogP contribution in [-0.4, -0.2) is 19.5 Å². The molecule has 0 radical (unpaired) electrons. The predicted octanol–water partition coefficient (Wildman–Crippen LogP) is 4.58. The smallest absolute Gasteiger partial charge is 0.231 e. The Morgan fingerprint density at radius 3 is 2.90 bits per heavy atom. The third kappa shape index (κ3) is 5.27. The third-order valence-electron chi connectivity index (χ3n) is 3.26. The van der Waals surface area contributed by atoms with Crippen molar-refractivity contribution in [1.29, 1.82) is 0 Å². The van der Waals surface area contributed by atoms with Crippen LogP contribution in [0.3, 0.4) is 0 Å². The Bertz CT molecular complexity index is 515. The fraction of sp³-hybridized carbons (Fsp3) is 0.444. The van der Waals surface area contributed by atoms with Gasteiger partial charge in [0.1, 0.15) is 0 Å². The Morgan fingerprint density at radius 2 is 2.10 bits per heavy atom. The molecule has 0 aliphatic carbocycles. The highest BCUT2D eigenvalue weighted by Crippen LogP contribution is 2.32. The summed E-state index contributed by atoms with van der Waals surface area (Å²) in [5.41, 5.74) is 2.50. The van der Waals surface area contributed by atoms with Crippen molar-refractivity contribution < 1.29 is 14.2 Å². The molecule has 1 aliphatic rings. The van der Waals surface area contributed by atoms with E-state index in [1.807, 2.05) is 18.2 Å². The van der Waals surface area contributed by atoms with E-state index in [4.69, 9.17) is 14.2 Å². The number of hydrogen-bond donors (Lipinski definition) is 0. The first-order chi connectivity index (χ1) is 10.1. The standard InChI is InChI=1S/C18H24O3/c1-14(2)19-11-10-15(3)6-4-5-7-16-8-9-17-18(12-16)21-13-20-17/h5-9,12,14H,4,10-11,13H2,1-3H3. The summed E-state index contributed by atoms with van der Waals surface area (Å²) in [7, 11) is 0. The number of hydrogen-bond acceptors (Lipinski definition) is 3. The zero-order chi connectivity index (χ0) is 15.1. The molecule has 1 aromatic rings. The Morgan fingerprint density at radius 1 is 1.29 bits per heavy atom. The zero-order valence-electron chi connectivity index (χ0n) is 13.1. The lowest BCUT2D eigenvalue weighted by molar-refractivity contribution is 0.0813. The topological polar surface area (TPSA) is 27.7 Å². The lowest BCUT2D eigenvalue weighted by Crippen LogP contribution is -2.03. The van der Waals surface area contributed by atoms with Gasteiger partial charge in [-0.15, -0.1) is 0 Å². The molecule has 0 aromatic heterocycles. The van der Waals surface area contributed by atoms with Crippen LogP contribution in [0.25, 0.3) is 6.08 Å². The second kappa shape index (κ2) is 7.89. The largest absolute Gasteiger partial charge is 0.454 e. The lowest BCUT2D eigenvalue weighted by Gasteiger charge is -2.06. The van der Waals surface area contributed by atoms with Crippen molar-refractivity contribution >= 4 is 6.08 Å². The molecule has 0 saturated carbocycles. The molecule has 0 saturated heterocycles. The van der Waals surface area contributed by atoms with Gasteiger partial charge in [0.15, 0.2) is 11.5 Å². The minimum atomic E-state index is 0.309. The van der Waals surface area contributed by atoms with Crippen LogP contribution in [0.2, 0.25) is 0 Å². The van der Waals surface area contributed by atoms with Crippen molar-refractivity contribution in [2.45, 2.75) is 39.7 Å². The first-order valence-corrected chi connectivity index (χ1v) is 7.48. The molecule has 1 aromatic carbocycles. The van der Waals surface area contributed by atoms with Gasteiger partial charge in [-0.25, -0.2) is 0 Å². The van der Waals surface area contributed by atoms with Crippen LogP contribution >= 0.6 is 0 Å². The molecule has 3 nitrogen and oxygen atoms in total. The molecule has 0 fully saturated rings. The van der Waals surface area contributed by atoms with E-state index < -0.39 is 0 Å². The van der Waals surface area contributed by atoms with Gasteiger partial charge in [-0.2, -0.15) is 0 Å². The summed E-state index contributed by atoms with van der Waals surface area (Å²) < 4.78 is 16.2. The highest BCUT2D eigenvalue weighted by molar-refractivity contribution is 5.56. The van der Waals surface area contributed by atoms with Crippen LogP contribution in [0.4, 0.5) is 0 Å². The summed E-state index contributed by atoms with van der Waals surface area (Å²) in [6, 6.07) is 6.00. The Labute approximate surface area is 127 Å². The van der Waals surface area contributed by atoms with Crippen LogP contribution in [0.5, 0.6) is 11.5 Å². The summed E-state index contributed by atoms with van der Waals surface area (Å²) in [5, 5.41) is 0. The van der Waals surface area contributed by atoms with Gasteiger partial charge < -0.3 is 14.2 Å². The minimum absolute atomic E-state index is 0.309. The van der Waals surface area contributed by atoms with E-state index in [1.165, 1.54) is 5.57 Å². The summed E-state index contributed by atoms with van der Waals surface area (Å²) in [5.74, 6) is 1.66. The van der Waals surface area contributed by atoms with E-state index in [-0.39, 0.29) is 0 Å². The van der Waals surface area contributed by atoms with E-state index in [0.29, 0.717) is 12.9 Å². The molecule has 0 bridgehead atoms. The Kier molecular flexibility index (Phi) is 5.88. The van der Waals surface area contributed by atoms with Crippen LogP contribution in [-0.2, 0) is 4.74 Å². The minimum Gasteiger partial charge on any atom is -0.454 e. The number of rotatable bonds is 7. The van der Waals surface area contributed by atoms with E-state index in [0.717, 1.165) is 36.5 Å². The number of benzene rings is 1. The summed E-state index contributed by atoms with van der Waals surface area (Å²) in [6.45, 7) is 7.40. The molecule has 0 spiro atoms. The second-order valence-corrected chi connectivity index (χ2v) is 5.47. The fourth-order valence-electron chi connectivity index (χ4n) is 2.05. The average molecular weight is 288 g/mol. The first-order valence-electron chi connectivity index (χ1n) is 7.48. The Hall–Kier alpha value is -1.74. The van der Waals surface area contributed by atoms with Crippen molar-refractivity contribution in [1.82, 2.24) is 0 Å². The molecule has 114 valence electrons. The lowest BCUT2D eigenvalue weighted by atomic mass is 10.1. The maximum atomic E-state index is 5.55. The number of allylic oxidation sites excluding steroid dienone is 2. The van der Waals surface area contributed by atoms with Gasteiger partial charge in [-0.3, -0.25) is 0 Å². The summed E-state index contributed by atoms with van der Waals surface area (Å²) in [6.07, 6.45) is 8.75. The molecule has 0 atom stereocenters. The van der Waals surface area contributed by atoms with Gasteiger partial charge in [0.05, 0.1) is 12.7 Å². The molecule has 0 N–H and O–H groups in total. The molecule has 0 amide bonds. The SMILES string of the molecule is CC(=CCC=Cc1ccc2c(c1)OCO2)CCOC(C)C. The van der Waals surface area contributed by atoms with Crippen molar-refractivity contribution in [3.63, 3.8) is 0 Å². The van der Waals surface area contributed by atoms with Crippen molar-refractivity contribution in [3.05, 3.63) is 41.5 Å². The maximum absolute atomic E-state index is 5.55. The van der Waals surface area contributed by atoms with Gasteiger partial charge in [0.2, 0.25) is 6.79 Å². The van der Waals surface area contributed by atoms with E-state index in [9.17, 15) is 0 Å². The quantitative estimate of drug-likeness (QED) is 0.687. The van der Waals surface area contributed by atoms with Crippen molar-refractivity contribution in [2.24, 2.45) is 0 Å². The van der Waals surface area contributed by atoms with Gasteiger partial charge in [-0.05, 0) is 51.3 Å². The van der Waals surface area contributed by atoms with Gasteiger partial charge in [0, 0.05) is 0 Å². The van der Waals surface area contributed by atoms with Crippen LogP contribution < -0.4 is 9.47 Å². The van der Waals surface area contributed by atoms with Gasteiger partial charge >= 0.3 is 0 Å². The van der Waals surface area contributed by atoms with E-state index in [1.54, 1.807) is 0 Å². The monoisotopic (exact) mass is 288 g/mol. The molecule has 2 rings (SSSR count). The molecule has 1 heterocycles. The Balaban J connectivity index is 1.77. The maximum Gasteiger partial charge on any atom is 0.231 e. The molecule has 21 heavy (non-hydrogen) atoms. The molecular formula is C18H24O3. The van der Waals surface area contributed by atoms with Gasteiger partial charge in [-0.1, -0.05) is 29.9 Å². The van der Waals surface area contributed by atoms with Crippen LogP contribution in [0, 0.1) is 0 Å². The van der Waals surface area contributed by atoms with Gasteiger partial charge in [0.25, 0.3) is 0 Å². The van der Waals surface area contributed by atoms with E-state index in [2.05, 4.69) is 39.0 Å². The summed E-state index contributed by atoms with van der Waals surface area (Å²) in [4.78, 5) is 0. The first kappa shape index (κ1) is 15.6. The molecule has 1 aliphatic heterocycles. The highest BCUT2D eigenvalue weighted by Gasteiger charge is 2.11. The zero-order valence-corrected chi connectivity index (χ0v) is 13.1. The average Bonchev–Trinajstić information content (AvgIpc) is 2.90. The van der Waals surface area contributed by atoms with Crippen molar-refractivity contribution in [3.8, 4) is 11.5 Å². The molecule has 0 unspecified atom stereocenters. The third-order valence-corrected chi connectivity index (χ3v) is 3.26. The van der Waals surface area contributed by atoms with E-state index >= 15 is 0 Å². The molecular weight excluding hydrogens is 264 g/mol. The number of ether oxygens (including phenoxy) is 3. The van der Waals surface area contributed by atoms with Crippen LogP contribution in [0.15, 0.2) is 35.9 Å². The van der Waals surface area contributed by atoms with Crippen molar-refractivity contribution in [2.75, 3.05) is 13.4 Å². The predicted molar refractivity (Wildman–Crippen MR) is 85.7 cm³/mol. The van der Waals surface area contributed by atoms with Crippen LogP contribution in [0.1, 0.15) is 39.2 Å². The second-order valence-electron chi connectivity index (χ2n) is 5.47. The highest BCUT2D eigenvalue weighted by atomic mass is 16.7. The normalized spacial score (nSPS) is 14.4. The molecule has 3 heteroatoms. The number of fused-ring (bicyclic) bond motifs is 1. The fourth-order valence-corrected chi connectivity index (χ4v) is 2.05.